The molecule has 2 rings (SSSR count). The minimum atomic E-state index is -1.17. The fourth-order valence-electron chi connectivity index (χ4n) is 1.53. The van der Waals surface area contributed by atoms with Gasteiger partial charge in [0.25, 0.3) is 0 Å². The van der Waals surface area contributed by atoms with Crippen molar-refractivity contribution in [2.75, 3.05) is 7.11 Å². The molecule has 0 aliphatic rings. The van der Waals surface area contributed by atoms with Crippen LogP contribution in [0, 0.1) is 0 Å². The second kappa shape index (κ2) is 5.51. The molecule has 1 aromatic carbocycles. The third-order valence-corrected chi connectivity index (χ3v) is 3.34. The lowest BCUT2D eigenvalue weighted by Gasteiger charge is -2.07. The number of aliphatic carboxylic acids is 1. The topological polar surface area (TPSA) is 49.4 Å². The molecule has 3 nitrogen and oxygen atoms in total. The molecule has 0 fully saturated rings. The van der Waals surface area contributed by atoms with Gasteiger partial charge in [-0.2, -0.15) is 0 Å². The van der Waals surface area contributed by atoms with E-state index in [1.165, 1.54) is 11.3 Å². The highest BCUT2D eigenvalue weighted by atomic mass is 32.1. The Morgan fingerprint density at radius 1 is 1.28 bits per heavy atom. The zero-order valence-electron chi connectivity index (χ0n) is 9.75. The highest BCUT2D eigenvalue weighted by Gasteiger charge is 2.04. The molecule has 0 amide bonds. The predicted octanol–water partition coefficient (Wildman–Crippen LogP) is 2.05. The van der Waals surface area contributed by atoms with Crippen molar-refractivity contribution in [3.05, 3.63) is 52.2 Å². The van der Waals surface area contributed by atoms with Crippen LogP contribution in [-0.4, -0.2) is 13.1 Å². The molecule has 1 aromatic heterocycles. The molecule has 2 aromatic rings. The van der Waals surface area contributed by atoms with E-state index < -0.39 is 5.97 Å². The van der Waals surface area contributed by atoms with E-state index in [0.29, 0.717) is 4.88 Å². The van der Waals surface area contributed by atoms with Crippen LogP contribution in [0.4, 0.5) is 0 Å². The van der Waals surface area contributed by atoms with Gasteiger partial charge >= 0.3 is 0 Å². The van der Waals surface area contributed by atoms with E-state index in [2.05, 4.69) is 0 Å². The summed E-state index contributed by atoms with van der Waals surface area (Å²) in [6.45, 7) is 0. The minimum absolute atomic E-state index is 0.190. The van der Waals surface area contributed by atoms with Crippen LogP contribution in [0.5, 0.6) is 5.75 Å². The Morgan fingerprint density at radius 2 is 2.00 bits per heavy atom. The molecule has 0 N–H and O–H groups in total. The monoisotopic (exact) mass is 259 g/mol. The van der Waals surface area contributed by atoms with Gasteiger partial charge in [-0.25, -0.2) is 0 Å². The van der Waals surface area contributed by atoms with Gasteiger partial charge in [0, 0.05) is 10.5 Å². The number of carboxylic acid groups (broad SMARTS) is 1. The Labute approximate surface area is 109 Å². The molecule has 18 heavy (non-hydrogen) atoms. The number of hydrogen-bond donors (Lipinski definition) is 0. The highest BCUT2D eigenvalue weighted by Crippen LogP contribution is 2.23. The van der Waals surface area contributed by atoms with E-state index in [1.54, 1.807) is 43.5 Å². The van der Waals surface area contributed by atoms with E-state index >= 15 is 0 Å². The van der Waals surface area contributed by atoms with Crippen LogP contribution in [-0.2, 0) is 4.79 Å². The molecular formula is C14H11O3S-. The number of thiophene rings is 1. The van der Waals surface area contributed by atoms with Gasteiger partial charge in [0.15, 0.2) is 0 Å². The largest absolute Gasteiger partial charge is 0.545 e. The molecule has 0 atom stereocenters. The summed E-state index contributed by atoms with van der Waals surface area (Å²) in [5, 5.41) is 13.0. The molecule has 4 heteroatoms. The van der Waals surface area contributed by atoms with Crippen molar-refractivity contribution < 1.29 is 14.6 Å². The molecular weight excluding hydrogens is 248 g/mol. The first-order valence-corrected chi connectivity index (χ1v) is 6.19. The van der Waals surface area contributed by atoms with Gasteiger partial charge in [-0.15, -0.1) is 11.3 Å². The number of rotatable bonds is 4. The second-order valence-electron chi connectivity index (χ2n) is 3.60. The molecule has 0 saturated heterocycles. The number of hydrogen-bond acceptors (Lipinski definition) is 4. The number of methoxy groups -OCH3 is 1. The lowest BCUT2D eigenvalue weighted by Crippen LogP contribution is -2.23. The second-order valence-corrected chi connectivity index (χ2v) is 4.54. The quantitative estimate of drug-likeness (QED) is 0.789. The Kier molecular flexibility index (Phi) is 3.79. The molecule has 0 saturated carbocycles. The fourth-order valence-corrected chi connectivity index (χ4v) is 2.26. The average molecular weight is 259 g/mol. The van der Waals surface area contributed by atoms with Crippen LogP contribution in [0.3, 0.4) is 0 Å². The number of benzene rings is 1. The van der Waals surface area contributed by atoms with Gasteiger partial charge in [0.1, 0.15) is 5.75 Å². The minimum Gasteiger partial charge on any atom is -0.545 e. The number of carboxylic acids is 1. The summed E-state index contributed by atoms with van der Waals surface area (Å²) in [4.78, 5) is 11.8. The molecule has 1 heterocycles. The molecule has 0 unspecified atom stereocenters. The highest BCUT2D eigenvalue weighted by molar-refractivity contribution is 7.11. The van der Waals surface area contributed by atoms with E-state index in [-0.39, 0.29) is 5.57 Å². The maximum absolute atomic E-state index is 11.1. The first-order chi connectivity index (χ1) is 8.70. The van der Waals surface area contributed by atoms with E-state index in [1.807, 2.05) is 11.4 Å². The summed E-state index contributed by atoms with van der Waals surface area (Å²) in [6, 6.07) is 10.7. The Balaban J connectivity index is 2.36. The van der Waals surface area contributed by atoms with Gasteiger partial charge in [-0.1, -0.05) is 18.2 Å². The van der Waals surface area contributed by atoms with Crippen LogP contribution >= 0.6 is 11.3 Å². The number of carbonyl (C=O) groups excluding carboxylic acids is 1. The Bertz CT molecular complexity index is 553. The first kappa shape index (κ1) is 12.4. The van der Waals surface area contributed by atoms with E-state index in [9.17, 15) is 9.90 Å². The summed E-state index contributed by atoms with van der Waals surface area (Å²) >= 11 is 1.37. The SMILES string of the molecule is COc1ccc(/C=C(\C(=O)[O-])c2cccs2)cc1. The van der Waals surface area contributed by atoms with E-state index in [4.69, 9.17) is 4.74 Å². The van der Waals surface area contributed by atoms with Crippen molar-refractivity contribution in [3.63, 3.8) is 0 Å². The van der Waals surface area contributed by atoms with Gasteiger partial charge in [0.05, 0.1) is 13.1 Å². The number of ether oxygens (including phenoxy) is 1. The van der Waals surface area contributed by atoms with Crippen LogP contribution in [0.2, 0.25) is 0 Å². The molecule has 0 aliphatic heterocycles. The maximum atomic E-state index is 11.1. The van der Waals surface area contributed by atoms with Crippen molar-refractivity contribution in [1.82, 2.24) is 0 Å². The summed E-state index contributed by atoms with van der Waals surface area (Å²) in [5.74, 6) is -0.438. The zero-order chi connectivity index (χ0) is 13.0. The third-order valence-electron chi connectivity index (χ3n) is 2.43. The van der Waals surface area contributed by atoms with Crippen molar-refractivity contribution in [3.8, 4) is 5.75 Å². The van der Waals surface area contributed by atoms with Gasteiger partial charge in [0.2, 0.25) is 0 Å². The normalized spacial score (nSPS) is 11.3. The molecule has 0 spiro atoms. The Morgan fingerprint density at radius 3 is 2.50 bits per heavy atom. The van der Waals surface area contributed by atoms with Crippen LogP contribution in [0.15, 0.2) is 41.8 Å². The first-order valence-electron chi connectivity index (χ1n) is 5.31. The maximum Gasteiger partial charge on any atom is 0.118 e. The van der Waals surface area contributed by atoms with Crippen molar-refractivity contribution in [2.45, 2.75) is 0 Å². The lowest BCUT2D eigenvalue weighted by molar-refractivity contribution is -0.295. The summed E-state index contributed by atoms with van der Waals surface area (Å²) in [5.41, 5.74) is 0.985. The standard InChI is InChI=1S/C14H12O3S/c1-17-11-6-4-10(5-7-11)9-12(14(15)16)13-3-2-8-18-13/h2-9H,1H3,(H,15,16)/p-1/b12-9-. The van der Waals surface area contributed by atoms with Crippen LogP contribution < -0.4 is 9.84 Å². The summed E-state index contributed by atoms with van der Waals surface area (Å²) < 4.78 is 5.05. The molecule has 0 aliphatic carbocycles. The molecule has 92 valence electrons. The summed E-state index contributed by atoms with van der Waals surface area (Å²) in [6.07, 6.45) is 1.60. The van der Waals surface area contributed by atoms with Crippen molar-refractivity contribution in [1.29, 1.82) is 0 Å². The average Bonchev–Trinajstić information content (AvgIpc) is 2.90. The zero-order valence-corrected chi connectivity index (χ0v) is 10.6. The molecule has 0 radical (unpaired) electrons. The lowest BCUT2D eigenvalue weighted by atomic mass is 10.1. The van der Waals surface area contributed by atoms with Crippen molar-refractivity contribution in [2.24, 2.45) is 0 Å². The summed E-state index contributed by atoms with van der Waals surface area (Å²) in [7, 11) is 1.59. The van der Waals surface area contributed by atoms with E-state index in [0.717, 1.165) is 11.3 Å². The smallest absolute Gasteiger partial charge is 0.118 e. The van der Waals surface area contributed by atoms with Crippen LogP contribution in [0.1, 0.15) is 10.4 Å². The van der Waals surface area contributed by atoms with Gasteiger partial charge in [-0.3, -0.25) is 0 Å². The van der Waals surface area contributed by atoms with Gasteiger partial charge < -0.3 is 14.6 Å². The molecule has 0 bridgehead atoms. The Hall–Kier alpha value is -2.07. The fraction of sp³-hybridized carbons (Fsp3) is 0.0714. The third kappa shape index (κ3) is 2.78. The predicted molar refractivity (Wildman–Crippen MR) is 70.2 cm³/mol. The number of carbonyl (C=O) groups is 1. The van der Waals surface area contributed by atoms with Crippen LogP contribution in [0.25, 0.3) is 11.6 Å². The van der Waals surface area contributed by atoms with Gasteiger partial charge in [-0.05, 0) is 35.2 Å². The van der Waals surface area contributed by atoms with Crippen molar-refractivity contribution >= 4 is 29.0 Å².